The molecular formula is C13H21N5. The largest absolute Gasteiger partial charge is 0.355 e. The SMILES string of the molecule is CC1CCN(c2nncc(N3CCCC3)n2)CC1. The van der Waals surface area contributed by atoms with Gasteiger partial charge in [0.2, 0.25) is 5.95 Å². The Hall–Kier alpha value is -1.39. The molecule has 1 aromatic heterocycles. The molecule has 2 saturated heterocycles. The van der Waals surface area contributed by atoms with Crippen molar-refractivity contribution in [2.24, 2.45) is 5.92 Å². The fourth-order valence-electron chi connectivity index (χ4n) is 2.73. The maximum atomic E-state index is 4.68. The zero-order valence-electron chi connectivity index (χ0n) is 11.0. The Balaban J connectivity index is 1.74. The summed E-state index contributed by atoms with van der Waals surface area (Å²) in [7, 11) is 0. The van der Waals surface area contributed by atoms with Gasteiger partial charge >= 0.3 is 0 Å². The minimum absolute atomic E-state index is 0.811. The van der Waals surface area contributed by atoms with Crippen molar-refractivity contribution < 1.29 is 0 Å². The van der Waals surface area contributed by atoms with Crippen molar-refractivity contribution in [2.75, 3.05) is 36.0 Å². The van der Waals surface area contributed by atoms with E-state index in [-0.39, 0.29) is 0 Å². The molecule has 5 nitrogen and oxygen atoms in total. The third-order valence-corrected chi connectivity index (χ3v) is 4.03. The molecule has 0 radical (unpaired) electrons. The number of nitrogens with zero attached hydrogens (tertiary/aromatic N) is 5. The van der Waals surface area contributed by atoms with Crippen molar-refractivity contribution in [1.82, 2.24) is 15.2 Å². The molecule has 0 bridgehead atoms. The van der Waals surface area contributed by atoms with E-state index in [4.69, 9.17) is 0 Å². The molecule has 2 aliphatic rings. The van der Waals surface area contributed by atoms with E-state index in [1.54, 1.807) is 6.20 Å². The lowest BCUT2D eigenvalue weighted by Gasteiger charge is -2.30. The van der Waals surface area contributed by atoms with Crippen molar-refractivity contribution >= 4 is 11.8 Å². The Morgan fingerprint density at radius 1 is 1.06 bits per heavy atom. The van der Waals surface area contributed by atoms with Crippen LogP contribution in [0.4, 0.5) is 11.8 Å². The second-order valence-electron chi connectivity index (χ2n) is 5.48. The molecule has 0 aliphatic carbocycles. The molecule has 3 rings (SSSR count). The second-order valence-corrected chi connectivity index (χ2v) is 5.48. The predicted molar refractivity (Wildman–Crippen MR) is 71.9 cm³/mol. The van der Waals surface area contributed by atoms with Crippen molar-refractivity contribution in [3.05, 3.63) is 6.20 Å². The molecular weight excluding hydrogens is 226 g/mol. The van der Waals surface area contributed by atoms with E-state index in [2.05, 4.69) is 31.9 Å². The van der Waals surface area contributed by atoms with Crippen LogP contribution in [0.25, 0.3) is 0 Å². The van der Waals surface area contributed by atoms with Crippen LogP contribution in [0.2, 0.25) is 0 Å². The summed E-state index contributed by atoms with van der Waals surface area (Å²) in [6.45, 7) is 6.65. The number of rotatable bonds is 2. The molecule has 0 atom stereocenters. The molecule has 0 saturated carbocycles. The Morgan fingerprint density at radius 2 is 1.78 bits per heavy atom. The van der Waals surface area contributed by atoms with Crippen LogP contribution in [0.5, 0.6) is 0 Å². The van der Waals surface area contributed by atoms with E-state index in [0.717, 1.165) is 43.9 Å². The van der Waals surface area contributed by atoms with Crippen molar-refractivity contribution in [3.63, 3.8) is 0 Å². The zero-order chi connectivity index (χ0) is 12.4. The highest BCUT2D eigenvalue weighted by Crippen LogP contribution is 2.22. The number of aromatic nitrogens is 3. The van der Waals surface area contributed by atoms with Gasteiger partial charge in [-0.3, -0.25) is 0 Å². The van der Waals surface area contributed by atoms with Gasteiger partial charge in [0.05, 0.1) is 6.20 Å². The Kier molecular flexibility index (Phi) is 3.30. The van der Waals surface area contributed by atoms with Crippen LogP contribution < -0.4 is 9.80 Å². The van der Waals surface area contributed by atoms with Gasteiger partial charge in [0.1, 0.15) is 0 Å². The first-order chi connectivity index (χ1) is 8.83. The lowest BCUT2D eigenvalue weighted by molar-refractivity contribution is 0.433. The molecule has 0 unspecified atom stereocenters. The fraction of sp³-hybridized carbons (Fsp3) is 0.769. The lowest BCUT2D eigenvalue weighted by Crippen LogP contribution is -2.34. The van der Waals surface area contributed by atoms with E-state index in [1.165, 1.54) is 25.7 Å². The predicted octanol–water partition coefficient (Wildman–Crippen LogP) is 1.71. The molecule has 0 N–H and O–H groups in total. The van der Waals surface area contributed by atoms with Crippen LogP contribution >= 0.6 is 0 Å². The monoisotopic (exact) mass is 247 g/mol. The Bertz CT molecular complexity index is 394. The van der Waals surface area contributed by atoms with Gasteiger partial charge in [-0.05, 0) is 31.6 Å². The summed E-state index contributed by atoms with van der Waals surface area (Å²) < 4.78 is 0. The summed E-state index contributed by atoms with van der Waals surface area (Å²) in [6.07, 6.45) is 6.79. The normalized spacial score (nSPS) is 21.6. The van der Waals surface area contributed by atoms with Gasteiger partial charge in [0.15, 0.2) is 5.82 Å². The zero-order valence-corrected chi connectivity index (χ0v) is 11.0. The van der Waals surface area contributed by atoms with Crippen LogP contribution in [0.3, 0.4) is 0 Å². The molecule has 3 heterocycles. The highest BCUT2D eigenvalue weighted by Gasteiger charge is 2.20. The molecule has 0 spiro atoms. The van der Waals surface area contributed by atoms with Gasteiger partial charge in [-0.25, -0.2) is 0 Å². The fourth-order valence-corrected chi connectivity index (χ4v) is 2.73. The van der Waals surface area contributed by atoms with Crippen LogP contribution in [0.1, 0.15) is 32.6 Å². The Morgan fingerprint density at radius 3 is 2.50 bits per heavy atom. The van der Waals surface area contributed by atoms with Crippen LogP contribution in [0.15, 0.2) is 6.20 Å². The lowest BCUT2D eigenvalue weighted by atomic mass is 10.00. The third kappa shape index (κ3) is 2.40. The van der Waals surface area contributed by atoms with Crippen LogP contribution in [0, 0.1) is 5.92 Å². The van der Waals surface area contributed by atoms with Crippen molar-refractivity contribution in [2.45, 2.75) is 32.6 Å². The molecule has 0 amide bonds. The number of hydrogen-bond donors (Lipinski definition) is 0. The van der Waals surface area contributed by atoms with E-state index < -0.39 is 0 Å². The smallest absolute Gasteiger partial charge is 0.247 e. The average molecular weight is 247 g/mol. The molecule has 98 valence electrons. The van der Waals surface area contributed by atoms with Crippen LogP contribution in [-0.4, -0.2) is 41.4 Å². The first-order valence-corrected chi connectivity index (χ1v) is 7.02. The topological polar surface area (TPSA) is 45.2 Å². The van der Waals surface area contributed by atoms with Gasteiger partial charge in [0.25, 0.3) is 0 Å². The van der Waals surface area contributed by atoms with Gasteiger partial charge in [-0.1, -0.05) is 6.92 Å². The standard InChI is InChI=1S/C13H21N5/c1-11-4-8-18(9-5-11)13-15-12(10-14-16-13)17-6-2-3-7-17/h10-11H,2-9H2,1H3. The van der Waals surface area contributed by atoms with Gasteiger partial charge in [-0.15, -0.1) is 5.10 Å². The van der Waals surface area contributed by atoms with Gasteiger partial charge in [-0.2, -0.15) is 10.1 Å². The van der Waals surface area contributed by atoms with E-state index >= 15 is 0 Å². The number of piperidine rings is 1. The van der Waals surface area contributed by atoms with Gasteiger partial charge < -0.3 is 9.80 Å². The molecule has 2 aliphatic heterocycles. The first-order valence-electron chi connectivity index (χ1n) is 7.02. The quantitative estimate of drug-likeness (QED) is 0.796. The van der Waals surface area contributed by atoms with Crippen molar-refractivity contribution in [3.8, 4) is 0 Å². The average Bonchev–Trinajstić information content (AvgIpc) is 2.94. The number of anilines is 2. The maximum Gasteiger partial charge on any atom is 0.247 e. The van der Waals surface area contributed by atoms with E-state index in [0.29, 0.717) is 0 Å². The Labute approximate surface area is 108 Å². The van der Waals surface area contributed by atoms with Crippen LogP contribution in [-0.2, 0) is 0 Å². The summed E-state index contributed by atoms with van der Waals surface area (Å²) in [5.74, 6) is 2.64. The summed E-state index contributed by atoms with van der Waals surface area (Å²) in [5.41, 5.74) is 0. The number of hydrogen-bond acceptors (Lipinski definition) is 5. The van der Waals surface area contributed by atoms with Gasteiger partial charge in [0, 0.05) is 26.2 Å². The summed E-state index contributed by atoms with van der Waals surface area (Å²) in [5, 5.41) is 8.33. The maximum absolute atomic E-state index is 4.68. The van der Waals surface area contributed by atoms with Crippen molar-refractivity contribution in [1.29, 1.82) is 0 Å². The summed E-state index contributed by atoms with van der Waals surface area (Å²) in [6, 6.07) is 0. The summed E-state index contributed by atoms with van der Waals surface area (Å²) >= 11 is 0. The molecule has 2 fully saturated rings. The van der Waals surface area contributed by atoms with E-state index in [9.17, 15) is 0 Å². The molecule has 0 aromatic carbocycles. The molecule has 1 aromatic rings. The second kappa shape index (κ2) is 5.08. The highest BCUT2D eigenvalue weighted by molar-refractivity contribution is 5.42. The highest BCUT2D eigenvalue weighted by atomic mass is 15.4. The summed E-state index contributed by atoms with van der Waals surface area (Å²) in [4.78, 5) is 9.26. The third-order valence-electron chi connectivity index (χ3n) is 4.03. The minimum atomic E-state index is 0.811. The first kappa shape index (κ1) is 11.7. The minimum Gasteiger partial charge on any atom is -0.355 e. The van der Waals surface area contributed by atoms with E-state index in [1.807, 2.05) is 0 Å². The molecule has 18 heavy (non-hydrogen) atoms. The molecule has 5 heteroatoms.